The van der Waals surface area contributed by atoms with Gasteiger partial charge in [0.15, 0.2) is 0 Å². The Morgan fingerprint density at radius 3 is 2.72 bits per heavy atom. The molecule has 2 heterocycles. The summed E-state index contributed by atoms with van der Waals surface area (Å²) in [5, 5.41) is 8.01. The first-order valence-electron chi connectivity index (χ1n) is 10.4. The number of hydrogen-bond donors (Lipinski definition) is 2. The highest BCUT2D eigenvalue weighted by molar-refractivity contribution is 8.01. The van der Waals surface area contributed by atoms with E-state index in [4.69, 9.17) is 0 Å². The van der Waals surface area contributed by atoms with Gasteiger partial charge in [0.05, 0.1) is 5.69 Å². The molecule has 2 fully saturated rings. The summed E-state index contributed by atoms with van der Waals surface area (Å²) in [4.78, 5) is 0. The average molecular weight is 360 g/mol. The number of fused-ring (bicyclic) bond motifs is 1. The third-order valence-corrected chi connectivity index (χ3v) is 7.44. The van der Waals surface area contributed by atoms with Crippen LogP contribution in [0.25, 0.3) is 0 Å². The molecule has 3 nitrogen and oxygen atoms in total. The van der Waals surface area contributed by atoms with Gasteiger partial charge in [0.25, 0.3) is 0 Å². The number of benzene rings is 1. The maximum atomic E-state index is 3.71. The summed E-state index contributed by atoms with van der Waals surface area (Å²) < 4.78 is 2.60. The van der Waals surface area contributed by atoms with Crippen LogP contribution in [0.2, 0.25) is 0 Å². The fraction of sp³-hybridized carbons (Fsp3) is 0.714. The summed E-state index contributed by atoms with van der Waals surface area (Å²) in [6.45, 7) is 4.71. The Labute approximate surface area is 157 Å². The number of piperidine rings is 1. The van der Waals surface area contributed by atoms with E-state index in [-0.39, 0.29) is 0 Å². The van der Waals surface area contributed by atoms with Crippen LogP contribution < -0.4 is 14.9 Å². The van der Waals surface area contributed by atoms with Crippen LogP contribution in [0.1, 0.15) is 56.9 Å². The second kappa shape index (κ2) is 8.68. The molecule has 2 N–H and O–H groups in total. The lowest BCUT2D eigenvalue weighted by Gasteiger charge is -2.34. The van der Waals surface area contributed by atoms with Gasteiger partial charge in [-0.1, -0.05) is 19.3 Å². The Morgan fingerprint density at radius 2 is 1.88 bits per heavy atom. The minimum absolute atomic E-state index is 0.829. The largest absolute Gasteiger partial charge is 0.385 e. The molecule has 0 atom stereocenters. The highest BCUT2D eigenvalue weighted by Gasteiger charge is 2.23. The number of nitrogens with zero attached hydrogens (tertiary/aromatic N) is 1. The normalized spacial score (nSPS) is 22.6. The van der Waals surface area contributed by atoms with Crippen LogP contribution in [0.3, 0.4) is 0 Å². The van der Waals surface area contributed by atoms with Crippen LogP contribution in [-0.4, -0.2) is 31.4 Å². The van der Waals surface area contributed by atoms with Crippen LogP contribution in [-0.2, 0) is 6.42 Å². The molecule has 0 spiro atoms. The molecule has 4 rings (SSSR count). The highest BCUT2D eigenvalue weighted by atomic mass is 32.2. The minimum Gasteiger partial charge on any atom is -0.385 e. The molecule has 138 valence electrons. The molecule has 1 saturated carbocycles. The molecule has 1 aromatic rings. The Hall–Kier alpha value is -0.870. The van der Waals surface area contributed by atoms with Crippen LogP contribution in [0.15, 0.2) is 18.2 Å². The smallest absolute Gasteiger partial charge is 0.0503 e. The number of rotatable bonds is 5. The Bertz CT molecular complexity index is 550. The summed E-state index contributed by atoms with van der Waals surface area (Å²) >= 11 is 2.13. The van der Waals surface area contributed by atoms with Crippen molar-refractivity contribution in [3.05, 3.63) is 23.8 Å². The third-order valence-electron chi connectivity index (χ3n) is 6.04. The summed E-state index contributed by atoms with van der Waals surface area (Å²) in [6.07, 6.45) is 12.3. The zero-order valence-corrected chi connectivity index (χ0v) is 16.3. The highest BCUT2D eigenvalue weighted by Crippen LogP contribution is 2.38. The molecule has 3 aliphatic rings. The van der Waals surface area contributed by atoms with Gasteiger partial charge in [-0.05, 0) is 93.2 Å². The maximum absolute atomic E-state index is 3.71. The molecule has 0 unspecified atom stereocenters. The summed E-state index contributed by atoms with van der Waals surface area (Å²) in [6, 6.07) is 7.10. The van der Waals surface area contributed by atoms with E-state index < -0.39 is 0 Å². The second-order valence-electron chi connectivity index (χ2n) is 7.99. The van der Waals surface area contributed by atoms with Crippen LogP contribution in [0, 0.1) is 5.92 Å². The minimum atomic E-state index is 0.829. The fourth-order valence-corrected chi connectivity index (χ4v) is 5.91. The topological polar surface area (TPSA) is 27.3 Å². The Morgan fingerprint density at radius 1 is 1.04 bits per heavy atom. The van der Waals surface area contributed by atoms with Gasteiger partial charge < -0.3 is 14.9 Å². The van der Waals surface area contributed by atoms with Crippen molar-refractivity contribution < 1.29 is 0 Å². The molecule has 0 bridgehead atoms. The van der Waals surface area contributed by atoms with Crippen LogP contribution in [0.4, 0.5) is 11.4 Å². The lowest BCUT2D eigenvalue weighted by atomic mass is 9.98. The molecule has 4 heteroatoms. The number of anilines is 2. The van der Waals surface area contributed by atoms with Crippen molar-refractivity contribution in [1.29, 1.82) is 0 Å². The van der Waals surface area contributed by atoms with Crippen LogP contribution in [0.5, 0.6) is 0 Å². The summed E-state index contributed by atoms with van der Waals surface area (Å²) in [7, 11) is 0. The first-order chi connectivity index (χ1) is 12.4. The van der Waals surface area contributed by atoms with E-state index in [2.05, 4.69) is 45.1 Å². The molecule has 2 aliphatic heterocycles. The van der Waals surface area contributed by atoms with Crippen molar-refractivity contribution in [2.45, 2.75) is 63.0 Å². The van der Waals surface area contributed by atoms with Gasteiger partial charge in [-0.3, -0.25) is 0 Å². The standard InChI is InChI=1S/C21H33N3S/c1-2-6-20(7-3-1)25-24-14-4-5-18-15-19(8-9-21(18)24)23-16-17-10-12-22-13-11-17/h8-9,15,17,20,22-23H,1-7,10-14,16H2. The van der Waals surface area contributed by atoms with Crippen molar-refractivity contribution in [1.82, 2.24) is 5.32 Å². The van der Waals surface area contributed by atoms with E-state index in [0.29, 0.717) is 0 Å². The van der Waals surface area contributed by atoms with Crippen molar-refractivity contribution >= 4 is 23.3 Å². The number of aryl methyl sites for hydroxylation is 1. The monoisotopic (exact) mass is 359 g/mol. The van der Waals surface area contributed by atoms with E-state index in [0.717, 1.165) is 17.7 Å². The van der Waals surface area contributed by atoms with Gasteiger partial charge in [-0.2, -0.15) is 0 Å². The molecule has 1 aliphatic carbocycles. The number of hydrogen-bond acceptors (Lipinski definition) is 4. The molecule has 1 saturated heterocycles. The van der Waals surface area contributed by atoms with Gasteiger partial charge in [0.1, 0.15) is 0 Å². The van der Waals surface area contributed by atoms with E-state index in [1.54, 1.807) is 5.56 Å². The summed E-state index contributed by atoms with van der Waals surface area (Å²) in [5.41, 5.74) is 4.35. The van der Waals surface area contributed by atoms with Gasteiger partial charge >= 0.3 is 0 Å². The van der Waals surface area contributed by atoms with Gasteiger partial charge in [0, 0.05) is 24.0 Å². The maximum Gasteiger partial charge on any atom is 0.0503 e. The van der Waals surface area contributed by atoms with Crippen molar-refractivity contribution in [3.8, 4) is 0 Å². The van der Waals surface area contributed by atoms with E-state index in [1.807, 2.05) is 0 Å². The molecule has 0 radical (unpaired) electrons. The Kier molecular flexibility index (Phi) is 6.09. The van der Waals surface area contributed by atoms with E-state index in [9.17, 15) is 0 Å². The van der Waals surface area contributed by atoms with Gasteiger partial charge in [0.2, 0.25) is 0 Å². The average Bonchev–Trinajstić information content (AvgIpc) is 2.68. The molecule has 1 aromatic carbocycles. The molecular weight excluding hydrogens is 326 g/mol. The first-order valence-corrected chi connectivity index (χ1v) is 11.2. The lowest BCUT2D eigenvalue weighted by Crippen LogP contribution is -2.31. The van der Waals surface area contributed by atoms with Gasteiger partial charge in [-0.25, -0.2) is 0 Å². The SMILES string of the molecule is c1cc2c(cc1NCC1CCNCC1)CCCN2SC1CCCCC1. The van der Waals surface area contributed by atoms with Gasteiger partial charge in [-0.15, -0.1) is 0 Å². The molecule has 0 aromatic heterocycles. The molecule has 25 heavy (non-hydrogen) atoms. The molecule has 0 amide bonds. The van der Waals surface area contributed by atoms with E-state index in [1.165, 1.54) is 88.8 Å². The van der Waals surface area contributed by atoms with Crippen molar-refractivity contribution in [3.63, 3.8) is 0 Å². The van der Waals surface area contributed by atoms with Crippen LogP contribution >= 0.6 is 11.9 Å². The fourth-order valence-electron chi connectivity index (χ4n) is 4.48. The zero-order chi connectivity index (χ0) is 16.9. The van der Waals surface area contributed by atoms with E-state index >= 15 is 0 Å². The number of nitrogens with one attached hydrogen (secondary N) is 2. The first kappa shape index (κ1) is 17.5. The van der Waals surface area contributed by atoms with Crippen molar-refractivity contribution in [2.24, 2.45) is 5.92 Å². The second-order valence-corrected chi connectivity index (χ2v) is 9.31. The predicted octanol–water partition coefficient (Wildman–Crippen LogP) is 4.83. The Balaban J connectivity index is 1.37. The third kappa shape index (κ3) is 4.65. The lowest BCUT2D eigenvalue weighted by molar-refractivity contribution is 0.390. The molecular formula is C21H33N3S. The summed E-state index contributed by atoms with van der Waals surface area (Å²) in [5.74, 6) is 0.829. The zero-order valence-electron chi connectivity index (χ0n) is 15.4. The van der Waals surface area contributed by atoms with Crippen molar-refractivity contribution in [2.75, 3.05) is 35.8 Å². The quantitative estimate of drug-likeness (QED) is 0.736. The predicted molar refractivity (Wildman–Crippen MR) is 111 cm³/mol.